The number of nitrogens with one attached hydrogen (secondary N) is 2. The molecule has 2 aromatic carbocycles. The molecule has 2 rings (SSSR count). The van der Waals surface area contributed by atoms with Crippen molar-refractivity contribution in [3.05, 3.63) is 60.7 Å². The molecule has 0 aliphatic heterocycles. The van der Waals surface area contributed by atoms with Crippen LogP contribution in [0.5, 0.6) is 0 Å². The normalized spacial score (nSPS) is 10.4. The minimum atomic E-state index is -1.73. The fourth-order valence-electron chi connectivity index (χ4n) is 1.83. The van der Waals surface area contributed by atoms with Crippen LogP contribution < -0.4 is 10.6 Å². The molecule has 0 aliphatic rings. The van der Waals surface area contributed by atoms with Crippen molar-refractivity contribution < 1.29 is 3.83 Å². The monoisotopic (exact) mass is 336 g/mol. The molecule has 0 bridgehead atoms. The van der Waals surface area contributed by atoms with Gasteiger partial charge >= 0.3 is 124 Å². The van der Waals surface area contributed by atoms with Gasteiger partial charge in [0.2, 0.25) is 0 Å². The number of benzene rings is 2. The summed E-state index contributed by atoms with van der Waals surface area (Å²) in [5, 5.41) is 8.13. The van der Waals surface area contributed by atoms with Gasteiger partial charge in [0.1, 0.15) is 0 Å². The first-order valence-corrected chi connectivity index (χ1v) is 9.89. The van der Waals surface area contributed by atoms with Crippen LogP contribution in [-0.2, 0) is 3.83 Å². The van der Waals surface area contributed by atoms with Gasteiger partial charge in [0.25, 0.3) is 0 Å². The predicted molar refractivity (Wildman–Crippen MR) is 85.9 cm³/mol. The van der Waals surface area contributed by atoms with E-state index in [2.05, 4.69) is 10.6 Å². The fourth-order valence-corrected chi connectivity index (χ4v) is 3.64. The van der Waals surface area contributed by atoms with Crippen LogP contribution in [-0.4, -0.2) is 26.9 Å². The topological polar surface area (TPSA) is 41.1 Å². The van der Waals surface area contributed by atoms with Gasteiger partial charge < -0.3 is 0 Å². The Kier molecular flexibility index (Phi) is 6.28. The Morgan fingerprint density at radius 3 is 1.50 bits per heavy atom. The molecule has 0 amide bonds. The van der Waals surface area contributed by atoms with Crippen LogP contribution in [0.15, 0.2) is 60.7 Å². The predicted octanol–water partition coefficient (Wildman–Crippen LogP) is 3.63. The first-order chi connectivity index (χ1) is 9.84. The molecule has 0 atom stereocenters. The van der Waals surface area contributed by atoms with Crippen LogP contribution in [0.2, 0.25) is 10.6 Å². The van der Waals surface area contributed by atoms with Crippen molar-refractivity contribution in [3.63, 3.8) is 0 Å². The first-order valence-electron chi connectivity index (χ1n) is 6.77. The van der Waals surface area contributed by atoms with Crippen molar-refractivity contribution in [3.8, 4) is 0 Å². The Morgan fingerprint density at radius 1 is 0.700 bits per heavy atom. The summed E-state index contributed by atoms with van der Waals surface area (Å²) in [6.45, 7) is 1.56. The second-order valence-electron chi connectivity index (χ2n) is 4.43. The van der Waals surface area contributed by atoms with Gasteiger partial charge in [0.15, 0.2) is 0 Å². The van der Waals surface area contributed by atoms with E-state index in [1.54, 1.807) is 0 Å². The van der Waals surface area contributed by atoms with Crippen molar-refractivity contribution in [2.45, 2.75) is 10.6 Å². The van der Waals surface area contributed by atoms with E-state index in [0.717, 1.165) is 35.1 Å². The van der Waals surface area contributed by atoms with Gasteiger partial charge in [-0.25, -0.2) is 0 Å². The average molecular weight is 335 g/mol. The molecule has 0 fully saturated rings. The third-order valence-electron chi connectivity index (χ3n) is 2.87. The third-order valence-corrected chi connectivity index (χ3v) is 5.63. The molecule has 4 heteroatoms. The van der Waals surface area contributed by atoms with E-state index in [4.69, 9.17) is 0 Å². The van der Waals surface area contributed by atoms with E-state index in [1.807, 2.05) is 60.7 Å². The first kappa shape index (κ1) is 14.8. The quantitative estimate of drug-likeness (QED) is 0.724. The van der Waals surface area contributed by atoms with Crippen LogP contribution in [0.25, 0.3) is 0 Å². The molecule has 0 aromatic heterocycles. The van der Waals surface area contributed by atoms with Gasteiger partial charge in [-0.2, -0.15) is 0 Å². The molecule has 0 aliphatic carbocycles. The summed E-state index contributed by atoms with van der Waals surface area (Å²) in [4.78, 5) is 0. The van der Waals surface area contributed by atoms with Gasteiger partial charge in [-0.1, -0.05) is 0 Å². The van der Waals surface area contributed by atoms with Crippen molar-refractivity contribution in [1.82, 2.24) is 0 Å². The summed E-state index contributed by atoms with van der Waals surface area (Å²) in [6, 6.07) is 20.1. The van der Waals surface area contributed by atoms with Crippen molar-refractivity contribution in [1.29, 1.82) is 0 Å². The van der Waals surface area contributed by atoms with Gasteiger partial charge in [0, 0.05) is 0 Å². The summed E-state index contributed by atoms with van der Waals surface area (Å²) in [7, 11) is 0. The number of hydrogen-bond donors (Lipinski definition) is 2. The van der Waals surface area contributed by atoms with Crippen molar-refractivity contribution in [2.75, 3.05) is 23.7 Å². The zero-order valence-corrected chi connectivity index (χ0v) is 13.1. The molecule has 3 nitrogen and oxygen atoms in total. The minimum absolute atomic E-state index is 0.769. The molecule has 2 N–H and O–H groups in total. The van der Waals surface area contributed by atoms with Crippen LogP contribution in [0, 0.1) is 0 Å². The summed E-state index contributed by atoms with van der Waals surface area (Å²) in [5.41, 5.74) is 2.18. The number of hydrogen-bond acceptors (Lipinski definition) is 3. The second kappa shape index (κ2) is 8.51. The maximum absolute atomic E-state index is 12.0. The molecule has 0 spiro atoms. The molecular weight excluding hydrogens is 315 g/mol. The molecule has 0 radical (unpaired) electrons. The van der Waals surface area contributed by atoms with E-state index in [9.17, 15) is 3.83 Å². The van der Waals surface area contributed by atoms with Gasteiger partial charge in [0.05, 0.1) is 0 Å². The number of rotatable bonds is 8. The Bertz CT molecular complexity index is 469. The third kappa shape index (κ3) is 5.55. The second-order valence-corrected chi connectivity index (χ2v) is 7.99. The molecular formula is C16H20N2OSe. The molecule has 20 heavy (non-hydrogen) atoms. The van der Waals surface area contributed by atoms with Crippen molar-refractivity contribution in [2.24, 2.45) is 0 Å². The van der Waals surface area contributed by atoms with Crippen molar-refractivity contribution >= 4 is 25.2 Å². The van der Waals surface area contributed by atoms with Crippen LogP contribution in [0.3, 0.4) is 0 Å². The van der Waals surface area contributed by atoms with E-state index < -0.39 is 13.8 Å². The average Bonchev–Trinajstić information content (AvgIpc) is 2.49. The van der Waals surface area contributed by atoms with E-state index in [1.165, 1.54) is 0 Å². The molecule has 106 valence electrons. The molecule has 0 unspecified atom stereocenters. The number of anilines is 2. The Balaban J connectivity index is 1.59. The Labute approximate surface area is 124 Å². The maximum atomic E-state index is 12.0. The van der Waals surface area contributed by atoms with E-state index in [-0.39, 0.29) is 0 Å². The van der Waals surface area contributed by atoms with Gasteiger partial charge in [-0.15, -0.1) is 0 Å². The van der Waals surface area contributed by atoms with Crippen LogP contribution in [0.1, 0.15) is 0 Å². The molecule has 0 saturated carbocycles. The van der Waals surface area contributed by atoms with Gasteiger partial charge in [-0.05, 0) is 0 Å². The van der Waals surface area contributed by atoms with Crippen LogP contribution >= 0.6 is 0 Å². The van der Waals surface area contributed by atoms with Crippen LogP contribution in [0.4, 0.5) is 11.4 Å². The molecule has 0 saturated heterocycles. The Morgan fingerprint density at radius 2 is 1.10 bits per heavy atom. The molecule has 2 aromatic rings. The summed E-state index contributed by atoms with van der Waals surface area (Å²) in [5.74, 6) is 0. The fraction of sp³-hybridized carbons (Fsp3) is 0.250. The standard InChI is InChI=1S/C16H20N2OSe/c19-20(13-11-17-15-7-3-1-4-8-15)14-12-18-16-9-5-2-6-10-16/h1-10,17-18H,11-14H2. The van der Waals surface area contributed by atoms with E-state index >= 15 is 0 Å². The van der Waals surface area contributed by atoms with E-state index in [0.29, 0.717) is 0 Å². The van der Waals surface area contributed by atoms with Gasteiger partial charge in [-0.3, -0.25) is 0 Å². The Hall–Kier alpha value is -1.64. The SMILES string of the molecule is O=[Se](CCNc1ccccc1)CCNc1ccccc1. The summed E-state index contributed by atoms with van der Waals surface area (Å²) < 4.78 is 12.0. The zero-order valence-electron chi connectivity index (χ0n) is 11.4. The summed E-state index contributed by atoms with van der Waals surface area (Å²) >= 11 is -1.73. The number of para-hydroxylation sites is 2. The summed E-state index contributed by atoms with van der Waals surface area (Å²) in [6.07, 6.45) is 0. The molecule has 0 heterocycles. The zero-order chi connectivity index (χ0) is 14.0.